The third kappa shape index (κ3) is 2.05. The first-order chi connectivity index (χ1) is 9.56. The summed E-state index contributed by atoms with van der Waals surface area (Å²) in [5.74, 6) is 0.124. The van der Waals surface area contributed by atoms with E-state index < -0.39 is 0 Å². The number of piperidine rings is 1. The zero-order valence-electron chi connectivity index (χ0n) is 12.1. The van der Waals surface area contributed by atoms with Crippen molar-refractivity contribution in [2.75, 3.05) is 0 Å². The number of benzene rings is 1. The standard InChI is InChI=1S/C17H21NO2/c1-3-17(13-7-8-13)10-14(19)18-16(20)15(17)12-6-4-5-11(2)9-12/h4-6,9,13,15H,3,7-8,10H2,1-2H3,(H,18,19,20). The lowest BCUT2D eigenvalue weighted by atomic mass is 9.62. The Balaban J connectivity index is 2.08. The van der Waals surface area contributed by atoms with Gasteiger partial charge in [-0.25, -0.2) is 0 Å². The van der Waals surface area contributed by atoms with E-state index >= 15 is 0 Å². The van der Waals surface area contributed by atoms with Gasteiger partial charge in [-0.3, -0.25) is 14.9 Å². The Kier molecular flexibility index (Phi) is 3.15. The summed E-state index contributed by atoms with van der Waals surface area (Å²) in [6.45, 7) is 4.16. The first kappa shape index (κ1) is 13.3. The monoisotopic (exact) mass is 271 g/mol. The molecule has 1 heterocycles. The SMILES string of the molecule is CCC1(C2CC2)CC(=O)NC(=O)C1c1cccc(C)c1. The van der Waals surface area contributed by atoms with Crippen LogP contribution in [0.15, 0.2) is 24.3 Å². The summed E-state index contributed by atoms with van der Waals surface area (Å²) in [5.41, 5.74) is 2.05. The lowest BCUT2D eigenvalue weighted by Crippen LogP contribution is -2.51. The average molecular weight is 271 g/mol. The van der Waals surface area contributed by atoms with Crippen LogP contribution in [0.25, 0.3) is 0 Å². The molecule has 1 N–H and O–H groups in total. The fourth-order valence-electron chi connectivity index (χ4n) is 3.90. The van der Waals surface area contributed by atoms with Crippen LogP contribution in [0.3, 0.4) is 0 Å². The molecule has 2 unspecified atom stereocenters. The molecule has 3 rings (SSSR count). The van der Waals surface area contributed by atoms with E-state index in [9.17, 15) is 9.59 Å². The van der Waals surface area contributed by atoms with Gasteiger partial charge in [0, 0.05) is 6.42 Å². The number of hydrogen-bond acceptors (Lipinski definition) is 2. The molecule has 1 saturated heterocycles. The van der Waals surface area contributed by atoms with Crippen LogP contribution in [0.5, 0.6) is 0 Å². The molecule has 2 amide bonds. The number of hydrogen-bond donors (Lipinski definition) is 1. The highest BCUT2D eigenvalue weighted by Crippen LogP contribution is 2.58. The number of amides is 2. The lowest BCUT2D eigenvalue weighted by molar-refractivity contribution is -0.141. The highest BCUT2D eigenvalue weighted by atomic mass is 16.2. The third-order valence-electron chi connectivity index (χ3n) is 5.01. The Morgan fingerprint density at radius 2 is 2.05 bits per heavy atom. The van der Waals surface area contributed by atoms with E-state index in [1.54, 1.807) is 0 Å². The molecule has 2 aliphatic rings. The summed E-state index contributed by atoms with van der Waals surface area (Å²) in [7, 11) is 0. The molecule has 1 aromatic carbocycles. The van der Waals surface area contributed by atoms with Crippen LogP contribution in [-0.2, 0) is 9.59 Å². The number of carbonyl (C=O) groups excluding carboxylic acids is 2. The second-order valence-corrected chi connectivity index (χ2v) is 6.30. The molecule has 0 aromatic heterocycles. The summed E-state index contributed by atoms with van der Waals surface area (Å²) < 4.78 is 0. The van der Waals surface area contributed by atoms with Gasteiger partial charge >= 0.3 is 0 Å². The van der Waals surface area contributed by atoms with Gasteiger partial charge < -0.3 is 0 Å². The molecule has 0 bridgehead atoms. The second-order valence-electron chi connectivity index (χ2n) is 6.30. The van der Waals surface area contributed by atoms with Crippen LogP contribution in [0.1, 0.15) is 49.7 Å². The average Bonchev–Trinajstić information content (AvgIpc) is 3.22. The zero-order chi connectivity index (χ0) is 14.3. The Hall–Kier alpha value is -1.64. The fraction of sp³-hybridized carbons (Fsp3) is 0.529. The van der Waals surface area contributed by atoms with Gasteiger partial charge in [-0.2, -0.15) is 0 Å². The van der Waals surface area contributed by atoms with Gasteiger partial charge in [0.2, 0.25) is 11.8 Å². The number of nitrogens with one attached hydrogen (secondary N) is 1. The van der Waals surface area contributed by atoms with Crippen molar-refractivity contribution in [2.24, 2.45) is 11.3 Å². The molecule has 1 aliphatic heterocycles. The van der Waals surface area contributed by atoms with Crippen molar-refractivity contribution in [3.05, 3.63) is 35.4 Å². The quantitative estimate of drug-likeness (QED) is 0.859. The maximum Gasteiger partial charge on any atom is 0.234 e. The summed E-state index contributed by atoms with van der Waals surface area (Å²) in [4.78, 5) is 24.4. The van der Waals surface area contributed by atoms with E-state index in [2.05, 4.69) is 18.3 Å². The Morgan fingerprint density at radius 1 is 1.30 bits per heavy atom. The van der Waals surface area contributed by atoms with E-state index in [-0.39, 0.29) is 23.1 Å². The Bertz CT molecular complexity index is 562. The van der Waals surface area contributed by atoms with Crippen LogP contribution in [0, 0.1) is 18.3 Å². The Morgan fingerprint density at radius 3 is 2.65 bits per heavy atom. The van der Waals surface area contributed by atoms with Crippen molar-refractivity contribution in [1.29, 1.82) is 0 Å². The van der Waals surface area contributed by atoms with E-state index in [1.807, 2.05) is 25.1 Å². The molecule has 3 nitrogen and oxygen atoms in total. The molecule has 106 valence electrons. The van der Waals surface area contributed by atoms with E-state index in [0.717, 1.165) is 30.4 Å². The number of imide groups is 1. The largest absolute Gasteiger partial charge is 0.296 e. The minimum Gasteiger partial charge on any atom is -0.296 e. The van der Waals surface area contributed by atoms with Crippen molar-refractivity contribution in [2.45, 2.75) is 45.4 Å². The van der Waals surface area contributed by atoms with Gasteiger partial charge in [-0.15, -0.1) is 0 Å². The molecular formula is C17H21NO2. The van der Waals surface area contributed by atoms with Gasteiger partial charge in [0.05, 0.1) is 5.92 Å². The molecule has 1 aliphatic carbocycles. The predicted molar refractivity (Wildman–Crippen MR) is 77.1 cm³/mol. The summed E-state index contributed by atoms with van der Waals surface area (Å²) >= 11 is 0. The van der Waals surface area contributed by atoms with Gasteiger partial charge in [0.25, 0.3) is 0 Å². The Labute approximate surface area is 119 Å². The maximum absolute atomic E-state index is 12.5. The van der Waals surface area contributed by atoms with Gasteiger partial charge in [0.15, 0.2) is 0 Å². The highest BCUT2D eigenvalue weighted by molar-refractivity contribution is 6.02. The fourth-order valence-corrected chi connectivity index (χ4v) is 3.90. The van der Waals surface area contributed by atoms with Crippen molar-refractivity contribution < 1.29 is 9.59 Å². The first-order valence-corrected chi connectivity index (χ1v) is 7.47. The van der Waals surface area contributed by atoms with Crippen molar-refractivity contribution in [3.63, 3.8) is 0 Å². The van der Waals surface area contributed by atoms with Gasteiger partial charge in [0.1, 0.15) is 0 Å². The minimum atomic E-state index is -0.183. The number of aryl methyl sites for hydroxylation is 1. The molecule has 3 heteroatoms. The van der Waals surface area contributed by atoms with E-state index in [4.69, 9.17) is 0 Å². The lowest BCUT2D eigenvalue weighted by Gasteiger charge is -2.43. The van der Waals surface area contributed by atoms with Crippen LogP contribution < -0.4 is 5.32 Å². The predicted octanol–water partition coefficient (Wildman–Crippen LogP) is 2.93. The molecule has 2 fully saturated rings. The second kappa shape index (κ2) is 4.72. The number of carbonyl (C=O) groups is 2. The van der Waals surface area contributed by atoms with Crippen LogP contribution in [0.2, 0.25) is 0 Å². The molecular weight excluding hydrogens is 250 g/mol. The highest BCUT2D eigenvalue weighted by Gasteiger charge is 2.55. The summed E-state index contributed by atoms with van der Waals surface area (Å²) in [6.07, 6.45) is 3.67. The molecule has 0 spiro atoms. The van der Waals surface area contributed by atoms with Crippen molar-refractivity contribution >= 4 is 11.8 Å². The minimum absolute atomic E-state index is 0.104. The van der Waals surface area contributed by atoms with Crippen LogP contribution in [-0.4, -0.2) is 11.8 Å². The van der Waals surface area contributed by atoms with E-state index in [0.29, 0.717) is 12.3 Å². The van der Waals surface area contributed by atoms with Gasteiger partial charge in [-0.05, 0) is 43.1 Å². The molecule has 1 saturated carbocycles. The van der Waals surface area contributed by atoms with Crippen molar-refractivity contribution in [3.8, 4) is 0 Å². The zero-order valence-corrected chi connectivity index (χ0v) is 12.1. The molecule has 2 atom stereocenters. The number of rotatable bonds is 3. The summed E-state index contributed by atoms with van der Waals surface area (Å²) in [6, 6.07) is 8.16. The molecule has 1 aromatic rings. The normalized spacial score (nSPS) is 30.2. The van der Waals surface area contributed by atoms with Crippen LogP contribution >= 0.6 is 0 Å². The first-order valence-electron chi connectivity index (χ1n) is 7.47. The van der Waals surface area contributed by atoms with Gasteiger partial charge in [-0.1, -0.05) is 36.8 Å². The topological polar surface area (TPSA) is 46.2 Å². The van der Waals surface area contributed by atoms with E-state index in [1.165, 1.54) is 0 Å². The van der Waals surface area contributed by atoms with Crippen molar-refractivity contribution in [1.82, 2.24) is 5.32 Å². The summed E-state index contributed by atoms with van der Waals surface area (Å²) in [5, 5.41) is 2.54. The van der Waals surface area contributed by atoms with Crippen LogP contribution in [0.4, 0.5) is 0 Å². The molecule has 0 radical (unpaired) electrons. The molecule has 20 heavy (non-hydrogen) atoms. The third-order valence-corrected chi connectivity index (χ3v) is 5.01. The smallest absolute Gasteiger partial charge is 0.234 e. The maximum atomic E-state index is 12.5.